The van der Waals surface area contributed by atoms with Crippen LogP contribution in [0.15, 0.2) is 0 Å². The predicted octanol–water partition coefficient (Wildman–Crippen LogP) is 1.07. The van der Waals surface area contributed by atoms with E-state index in [0.717, 1.165) is 17.8 Å². The summed E-state index contributed by atoms with van der Waals surface area (Å²) in [5.74, 6) is 0.664. The number of nitrogens with zero attached hydrogens (tertiary/aromatic N) is 4. The van der Waals surface area contributed by atoms with Gasteiger partial charge in [0.05, 0.1) is 30.8 Å². The second-order valence-corrected chi connectivity index (χ2v) is 3.98. The molecule has 1 aliphatic carbocycles. The van der Waals surface area contributed by atoms with E-state index in [1.165, 1.54) is 0 Å². The monoisotopic (exact) mass is 206 g/mol. The molecule has 1 saturated carbocycles. The number of ether oxygens (including phenoxy) is 1. The maximum absolute atomic E-state index is 8.66. The maximum Gasteiger partial charge on any atom is 0.102 e. The Morgan fingerprint density at radius 1 is 1.67 bits per heavy atom. The van der Waals surface area contributed by atoms with Crippen LogP contribution in [0.1, 0.15) is 30.8 Å². The number of hydrogen-bond acceptors (Lipinski definition) is 4. The molecule has 1 heterocycles. The van der Waals surface area contributed by atoms with Crippen molar-refractivity contribution in [2.24, 2.45) is 5.92 Å². The van der Waals surface area contributed by atoms with Gasteiger partial charge in [0.25, 0.3) is 0 Å². The SMILES string of the molecule is COCc1c(CC#N)nnn1C1CC1C. The zero-order chi connectivity index (χ0) is 10.8. The highest BCUT2D eigenvalue weighted by atomic mass is 16.5. The first-order valence-electron chi connectivity index (χ1n) is 5.06. The molecule has 0 N–H and O–H groups in total. The number of nitriles is 1. The summed E-state index contributed by atoms with van der Waals surface area (Å²) in [6, 6.07) is 2.55. The van der Waals surface area contributed by atoms with Crippen molar-refractivity contribution in [3.8, 4) is 6.07 Å². The molecule has 2 atom stereocenters. The van der Waals surface area contributed by atoms with Crippen molar-refractivity contribution in [1.29, 1.82) is 5.26 Å². The van der Waals surface area contributed by atoms with Crippen LogP contribution in [0.3, 0.4) is 0 Å². The first-order valence-corrected chi connectivity index (χ1v) is 5.06. The lowest BCUT2D eigenvalue weighted by atomic mass is 10.2. The van der Waals surface area contributed by atoms with Gasteiger partial charge in [-0.25, -0.2) is 4.68 Å². The molecule has 0 bridgehead atoms. The van der Waals surface area contributed by atoms with Crippen molar-refractivity contribution < 1.29 is 4.74 Å². The van der Waals surface area contributed by atoms with Crippen molar-refractivity contribution in [2.75, 3.05) is 7.11 Å². The standard InChI is InChI=1S/C10H14N4O/c1-7-5-9(7)14-10(6-15-2)8(3-4-11)12-13-14/h7,9H,3,5-6H2,1-2H3. The highest BCUT2D eigenvalue weighted by molar-refractivity contribution is 5.15. The molecule has 1 aliphatic rings. The van der Waals surface area contributed by atoms with E-state index in [0.29, 0.717) is 25.0 Å². The fraction of sp³-hybridized carbons (Fsp3) is 0.700. The van der Waals surface area contributed by atoms with E-state index >= 15 is 0 Å². The second-order valence-electron chi connectivity index (χ2n) is 3.98. The van der Waals surface area contributed by atoms with Crippen LogP contribution in [0.25, 0.3) is 0 Å². The maximum atomic E-state index is 8.66. The lowest BCUT2D eigenvalue weighted by molar-refractivity contribution is 0.175. The second kappa shape index (κ2) is 3.99. The van der Waals surface area contributed by atoms with Crippen molar-refractivity contribution in [2.45, 2.75) is 32.4 Å². The molecule has 0 radical (unpaired) electrons. The minimum Gasteiger partial charge on any atom is -0.378 e. The average Bonchev–Trinajstić information content (AvgIpc) is 2.80. The third-order valence-electron chi connectivity index (χ3n) is 2.78. The highest BCUT2D eigenvalue weighted by Gasteiger charge is 2.37. The molecule has 1 aromatic heterocycles. The van der Waals surface area contributed by atoms with Crippen LogP contribution in [0.5, 0.6) is 0 Å². The molecule has 0 aliphatic heterocycles. The lowest BCUT2D eigenvalue weighted by Gasteiger charge is -2.04. The smallest absolute Gasteiger partial charge is 0.102 e. The summed E-state index contributed by atoms with van der Waals surface area (Å²) in [4.78, 5) is 0. The first-order chi connectivity index (χ1) is 7.27. The van der Waals surface area contributed by atoms with Crippen molar-refractivity contribution in [3.05, 3.63) is 11.4 Å². The Hall–Kier alpha value is -1.41. The fourth-order valence-corrected chi connectivity index (χ4v) is 1.75. The average molecular weight is 206 g/mol. The van der Waals surface area contributed by atoms with Gasteiger partial charge in [-0.3, -0.25) is 0 Å². The van der Waals surface area contributed by atoms with Gasteiger partial charge < -0.3 is 4.74 Å². The van der Waals surface area contributed by atoms with Crippen LogP contribution in [-0.2, 0) is 17.8 Å². The lowest BCUT2D eigenvalue weighted by Crippen LogP contribution is -2.06. The third-order valence-corrected chi connectivity index (χ3v) is 2.78. The molecular weight excluding hydrogens is 192 g/mol. The molecule has 1 fully saturated rings. The van der Waals surface area contributed by atoms with Gasteiger partial charge in [-0.1, -0.05) is 12.1 Å². The van der Waals surface area contributed by atoms with Crippen LogP contribution in [0, 0.1) is 17.2 Å². The molecule has 5 nitrogen and oxygen atoms in total. The summed E-state index contributed by atoms with van der Waals surface area (Å²) in [5.41, 5.74) is 1.70. The van der Waals surface area contributed by atoms with Crippen molar-refractivity contribution in [3.63, 3.8) is 0 Å². The zero-order valence-electron chi connectivity index (χ0n) is 8.97. The summed E-state index contributed by atoms with van der Waals surface area (Å²) < 4.78 is 7.03. The van der Waals surface area contributed by atoms with Crippen molar-refractivity contribution >= 4 is 0 Å². The van der Waals surface area contributed by atoms with E-state index in [9.17, 15) is 0 Å². The Morgan fingerprint density at radius 3 is 2.93 bits per heavy atom. The molecule has 2 unspecified atom stereocenters. The van der Waals surface area contributed by atoms with Gasteiger partial charge in [-0.2, -0.15) is 5.26 Å². The summed E-state index contributed by atoms with van der Waals surface area (Å²) in [6.07, 6.45) is 1.45. The van der Waals surface area contributed by atoms with Crippen molar-refractivity contribution in [1.82, 2.24) is 15.0 Å². The van der Waals surface area contributed by atoms with Crippen LogP contribution >= 0.6 is 0 Å². The fourth-order valence-electron chi connectivity index (χ4n) is 1.75. The minimum absolute atomic E-state index is 0.305. The van der Waals surface area contributed by atoms with Gasteiger partial charge >= 0.3 is 0 Å². The van der Waals surface area contributed by atoms with E-state index in [-0.39, 0.29) is 0 Å². The van der Waals surface area contributed by atoms with E-state index in [1.807, 2.05) is 4.68 Å². The number of aromatic nitrogens is 3. The topological polar surface area (TPSA) is 63.7 Å². The van der Waals surface area contributed by atoms with E-state index < -0.39 is 0 Å². The van der Waals surface area contributed by atoms with E-state index in [2.05, 4.69) is 23.3 Å². The number of methoxy groups -OCH3 is 1. The Labute approximate surface area is 88.6 Å². The molecule has 2 rings (SSSR count). The molecule has 0 amide bonds. The zero-order valence-corrected chi connectivity index (χ0v) is 8.97. The first kappa shape index (κ1) is 10.1. The van der Waals surface area contributed by atoms with Crippen LogP contribution in [0.4, 0.5) is 0 Å². The summed E-state index contributed by atoms with van der Waals surface area (Å²) in [7, 11) is 1.64. The molecule has 15 heavy (non-hydrogen) atoms. The number of hydrogen-bond donors (Lipinski definition) is 0. The Balaban J connectivity index is 2.26. The van der Waals surface area contributed by atoms with Crippen LogP contribution < -0.4 is 0 Å². The van der Waals surface area contributed by atoms with Crippen LogP contribution in [-0.4, -0.2) is 22.1 Å². The van der Waals surface area contributed by atoms with Gasteiger partial charge in [0.15, 0.2) is 0 Å². The summed E-state index contributed by atoms with van der Waals surface area (Å²) in [6.45, 7) is 2.67. The Bertz CT molecular complexity index is 393. The summed E-state index contributed by atoms with van der Waals surface area (Å²) >= 11 is 0. The van der Waals surface area contributed by atoms with Gasteiger partial charge in [-0.05, 0) is 12.3 Å². The quantitative estimate of drug-likeness (QED) is 0.739. The molecule has 1 aromatic rings. The van der Waals surface area contributed by atoms with Gasteiger partial charge in [0.1, 0.15) is 5.69 Å². The molecule has 80 valence electrons. The molecule has 0 spiro atoms. The molecule has 0 aromatic carbocycles. The minimum atomic E-state index is 0.305. The van der Waals surface area contributed by atoms with Gasteiger partial charge in [-0.15, -0.1) is 5.10 Å². The molecule has 0 saturated heterocycles. The number of rotatable bonds is 4. The van der Waals surface area contributed by atoms with Gasteiger partial charge in [0, 0.05) is 7.11 Å². The predicted molar refractivity (Wildman–Crippen MR) is 52.9 cm³/mol. The largest absolute Gasteiger partial charge is 0.378 e. The molecular formula is C10H14N4O. The van der Waals surface area contributed by atoms with E-state index in [4.69, 9.17) is 10.00 Å². The Morgan fingerprint density at radius 2 is 2.40 bits per heavy atom. The van der Waals surface area contributed by atoms with Gasteiger partial charge in [0.2, 0.25) is 0 Å². The van der Waals surface area contributed by atoms with Crippen LogP contribution in [0.2, 0.25) is 0 Å². The Kier molecular flexibility index (Phi) is 2.69. The summed E-state index contributed by atoms with van der Waals surface area (Å²) in [5, 5.41) is 16.8. The highest BCUT2D eigenvalue weighted by Crippen LogP contribution is 2.42. The van der Waals surface area contributed by atoms with E-state index in [1.54, 1.807) is 7.11 Å². The normalized spacial score (nSPS) is 23.8. The third kappa shape index (κ3) is 1.85. The molecule has 5 heteroatoms.